The fourth-order valence-corrected chi connectivity index (χ4v) is 0.583. The van der Waals surface area contributed by atoms with E-state index in [0.29, 0.717) is 6.42 Å². The van der Waals surface area contributed by atoms with Crippen LogP contribution in [0.1, 0.15) is 32.6 Å². The van der Waals surface area contributed by atoms with Crippen molar-refractivity contribution in [3.05, 3.63) is 12.2 Å². The number of unbranched alkanes of at least 4 members (excludes halogenated alkanes) is 2. The van der Waals surface area contributed by atoms with Crippen LogP contribution in [0.2, 0.25) is 0 Å². The molecule has 0 bridgehead atoms. The molecule has 0 saturated heterocycles. The Bertz CT molecular complexity index is 108. The van der Waals surface area contributed by atoms with Crippen LogP contribution >= 0.6 is 0 Å². The van der Waals surface area contributed by atoms with Gasteiger partial charge in [0.15, 0.2) is 0 Å². The molecule has 1 heteroatoms. The second kappa shape index (κ2) is 7.23. The van der Waals surface area contributed by atoms with Gasteiger partial charge in [0.25, 0.3) is 0 Å². The predicted molar refractivity (Wildman–Crippen MR) is 38.9 cm³/mol. The fraction of sp³-hybridized carbons (Fsp3) is 0.625. The lowest BCUT2D eigenvalue weighted by Gasteiger charge is -1.84. The lowest BCUT2D eigenvalue weighted by atomic mass is 10.2. The van der Waals surface area contributed by atoms with Crippen molar-refractivity contribution in [3.63, 3.8) is 0 Å². The molecule has 0 unspecified atom stereocenters. The Kier molecular flexibility index (Phi) is 6.61. The van der Waals surface area contributed by atoms with E-state index in [9.17, 15) is 0 Å². The van der Waals surface area contributed by atoms with Crippen LogP contribution in [0, 0.1) is 11.3 Å². The molecular weight excluding hydrogens is 110 g/mol. The Labute approximate surface area is 57.0 Å². The van der Waals surface area contributed by atoms with Crippen molar-refractivity contribution in [1.29, 1.82) is 5.26 Å². The fourth-order valence-electron chi connectivity index (χ4n) is 0.583. The van der Waals surface area contributed by atoms with Crippen molar-refractivity contribution in [1.82, 2.24) is 0 Å². The van der Waals surface area contributed by atoms with E-state index in [0.717, 1.165) is 19.3 Å². The summed E-state index contributed by atoms with van der Waals surface area (Å²) >= 11 is 0. The zero-order valence-electron chi connectivity index (χ0n) is 5.93. The van der Waals surface area contributed by atoms with Gasteiger partial charge in [-0.05, 0) is 19.3 Å². The summed E-state index contributed by atoms with van der Waals surface area (Å²) in [6.45, 7) is 2.11. The number of allylic oxidation sites excluding steroid dienone is 2. The van der Waals surface area contributed by atoms with E-state index in [-0.39, 0.29) is 0 Å². The minimum absolute atomic E-state index is 0.689. The number of rotatable bonds is 4. The second-order valence-electron chi connectivity index (χ2n) is 1.93. The monoisotopic (exact) mass is 123 g/mol. The molecule has 0 saturated carbocycles. The molecule has 0 aromatic heterocycles. The van der Waals surface area contributed by atoms with Crippen molar-refractivity contribution in [3.8, 4) is 6.07 Å². The van der Waals surface area contributed by atoms with Gasteiger partial charge in [-0.2, -0.15) is 5.26 Å². The first-order valence-electron chi connectivity index (χ1n) is 3.43. The molecule has 0 aliphatic rings. The summed E-state index contributed by atoms with van der Waals surface area (Å²) in [6, 6.07) is 2.11. The highest BCUT2D eigenvalue weighted by Gasteiger charge is 1.78. The van der Waals surface area contributed by atoms with Crippen LogP contribution in [0.25, 0.3) is 0 Å². The van der Waals surface area contributed by atoms with Crippen LogP contribution in [0.15, 0.2) is 12.2 Å². The normalized spacial score (nSPS) is 9.78. The Morgan fingerprint density at radius 2 is 2.22 bits per heavy atom. The van der Waals surface area contributed by atoms with Gasteiger partial charge in [-0.15, -0.1) is 0 Å². The lowest BCUT2D eigenvalue weighted by molar-refractivity contribution is 0.873. The van der Waals surface area contributed by atoms with Crippen molar-refractivity contribution in [2.24, 2.45) is 0 Å². The number of nitriles is 1. The van der Waals surface area contributed by atoms with Crippen LogP contribution in [0.4, 0.5) is 0 Å². The predicted octanol–water partition coefficient (Wildman–Crippen LogP) is 2.65. The molecule has 50 valence electrons. The molecule has 0 aliphatic carbocycles. The van der Waals surface area contributed by atoms with E-state index < -0.39 is 0 Å². The molecule has 0 heterocycles. The Morgan fingerprint density at radius 1 is 1.44 bits per heavy atom. The third-order valence-corrected chi connectivity index (χ3v) is 1.06. The number of hydrogen-bond donors (Lipinski definition) is 0. The first-order valence-corrected chi connectivity index (χ1v) is 3.43. The average molecular weight is 123 g/mol. The molecule has 0 aliphatic heterocycles. The summed E-state index contributed by atoms with van der Waals surface area (Å²) < 4.78 is 0. The van der Waals surface area contributed by atoms with E-state index in [2.05, 4.69) is 25.1 Å². The Hall–Kier alpha value is -0.770. The van der Waals surface area contributed by atoms with Gasteiger partial charge >= 0.3 is 0 Å². The van der Waals surface area contributed by atoms with Crippen LogP contribution in [-0.2, 0) is 0 Å². The second-order valence-corrected chi connectivity index (χ2v) is 1.93. The van der Waals surface area contributed by atoms with Crippen molar-refractivity contribution in [2.75, 3.05) is 0 Å². The van der Waals surface area contributed by atoms with Gasteiger partial charge in [0.1, 0.15) is 0 Å². The third-order valence-electron chi connectivity index (χ3n) is 1.06. The summed E-state index contributed by atoms with van der Waals surface area (Å²) in [4.78, 5) is 0. The molecule has 9 heavy (non-hydrogen) atoms. The lowest BCUT2D eigenvalue weighted by Crippen LogP contribution is -1.67. The van der Waals surface area contributed by atoms with E-state index in [1.165, 1.54) is 0 Å². The molecular formula is C8H13N. The molecule has 0 atom stereocenters. The SMILES string of the molecule is CCC=CCCCC#N. The zero-order chi connectivity index (χ0) is 6.95. The molecule has 0 rings (SSSR count). The van der Waals surface area contributed by atoms with Gasteiger partial charge in [-0.1, -0.05) is 19.1 Å². The standard InChI is InChI=1S/C8H13N/c1-2-3-4-5-6-7-8-9/h3-4H,2,5-7H2,1H3. The minimum Gasteiger partial charge on any atom is -0.198 e. The summed E-state index contributed by atoms with van der Waals surface area (Å²) in [7, 11) is 0. The topological polar surface area (TPSA) is 23.8 Å². The summed E-state index contributed by atoms with van der Waals surface area (Å²) in [6.07, 6.45) is 8.13. The van der Waals surface area contributed by atoms with Crippen molar-refractivity contribution in [2.45, 2.75) is 32.6 Å². The summed E-state index contributed by atoms with van der Waals surface area (Å²) in [5.74, 6) is 0. The Morgan fingerprint density at radius 3 is 2.78 bits per heavy atom. The van der Waals surface area contributed by atoms with Gasteiger partial charge < -0.3 is 0 Å². The van der Waals surface area contributed by atoms with Gasteiger partial charge in [-0.25, -0.2) is 0 Å². The molecule has 0 radical (unpaired) electrons. The first kappa shape index (κ1) is 8.23. The molecule has 0 aromatic rings. The van der Waals surface area contributed by atoms with Gasteiger partial charge in [-0.3, -0.25) is 0 Å². The number of hydrogen-bond acceptors (Lipinski definition) is 1. The number of nitrogens with zero attached hydrogens (tertiary/aromatic N) is 1. The highest BCUT2D eigenvalue weighted by Crippen LogP contribution is 1.95. The Balaban J connectivity index is 2.92. The maximum Gasteiger partial charge on any atom is 0.0621 e. The van der Waals surface area contributed by atoms with Gasteiger partial charge in [0.05, 0.1) is 6.07 Å². The molecule has 1 nitrogen and oxygen atoms in total. The largest absolute Gasteiger partial charge is 0.198 e. The first-order chi connectivity index (χ1) is 4.41. The summed E-state index contributed by atoms with van der Waals surface area (Å²) in [5.41, 5.74) is 0. The van der Waals surface area contributed by atoms with Gasteiger partial charge in [0, 0.05) is 6.42 Å². The minimum atomic E-state index is 0.689. The zero-order valence-corrected chi connectivity index (χ0v) is 5.93. The average Bonchev–Trinajstić information content (AvgIpc) is 1.89. The maximum absolute atomic E-state index is 8.15. The van der Waals surface area contributed by atoms with Crippen LogP contribution in [0.5, 0.6) is 0 Å². The third kappa shape index (κ3) is 7.23. The highest BCUT2D eigenvalue weighted by atomic mass is 14.2. The van der Waals surface area contributed by atoms with Crippen LogP contribution < -0.4 is 0 Å². The molecule has 0 N–H and O–H groups in total. The van der Waals surface area contributed by atoms with Gasteiger partial charge in [0.2, 0.25) is 0 Å². The summed E-state index contributed by atoms with van der Waals surface area (Å²) in [5, 5.41) is 8.15. The molecule has 0 aromatic carbocycles. The van der Waals surface area contributed by atoms with E-state index >= 15 is 0 Å². The smallest absolute Gasteiger partial charge is 0.0621 e. The highest BCUT2D eigenvalue weighted by molar-refractivity contribution is 4.81. The van der Waals surface area contributed by atoms with Crippen LogP contribution in [-0.4, -0.2) is 0 Å². The van der Waals surface area contributed by atoms with E-state index in [4.69, 9.17) is 5.26 Å². The molecule has 0 spiro atoms. The van der Waals surface area contributed by atoms with Crippen molar-refractivity contribution < 1.29 is 0 Å². The van der Waals surface area contributed by atoms with E-state index in [1.54, 1.807) is 0 Å². The van der Waals surface area contributed by atoms with Crippen LogP contribution in [0.3, 0.4) is 0 Å². The maximum atomic E-state index is 8.15. The quantitative estimate of drug-likeness (QED) is 0.416. The van der Waals surface area contributed by atoms with Crippen molar-refractivity contribution >= 4 is 0 Å². The molecule has 0 amide bonds. The van der Waals surface area contributed by atoms with E-state index in [1.807, 2.05) is 0 Å². The molecule has 0 fully saturated rings.